The van der Waals surface area contributed by atoms with Crippen molar-refractivity contribution in [3.8, 4) is 5.75 Å². The van der Waals surface area contributed by atoms with Gasteiger partial charge < -0.3 is 10.4 Å². The maximum absolute atomic E-state index is 13.0. The third-order valence-corrected chi connectivity index (χ3v) is 2.43. The first-order chi connectivity index (χ1) is 6.86. The molecule has 1 aromatic carbocycles. The highest BCUT2D eigenvalue weighted by Crippen LogP contribution is 2.32. The van der Waals surface area contributed by atoms with Crippen LogP contribution in [0.4, 0.5) is 8.78 Å². The Morgan fingerprint density at radius 1 is 1.40 bits per heavy atom. The Morgan fingerprint density at radius 2 is 2.00 bits per heavy atom. The van der Waals surface area contributed by atoms with Crippen LogP contribution >= 0.6 is 0 Å². The second-order valence-corrected chi connectivity index (χ2v) is 3.67. The molecule has 0 aliphatic rings. The van der Waals surface area contributed by atoms with E-state index in [0.717, 1.165) is 6.92 Å². The molecule has 0 radical (unpaired) electrons. The second kappa shape index (κ2) is 4.14. The van der Waals surface area contributed by atoms with Crippen LogP contribution in [0.1, 0.15) is 31.0 Å². The number of alkyl halides is 2. The Balaban J connectivity index is 3.17. The summed E-state index contributed by atoms with van der Waals surface area (Å²) in [6.07, 6.45) is 0. The van der Waals surface area contributed by atoms with Gasteiger partial charge in [-0.05, 0) is 32.2 Å². The van der Waals surface area contributed by atoms with E-state index in [2.05, 4.69) is 5.32 Å². The number of aromatic hydroxyl groups is 1. The molecule has 0 spiro atoms. The average molecular weight is 215 g/mol. The molecule has 0 saturated carbocycles. The molecule has 0 saturated heterocycles. The Hall–Kier alpha value is -1.16. The van der Waals surface area contributed by atoms with Crippen molar-refractivity contribution in [3.05, 3.63) is 29.3 Å². The van der Waals surface area contributed by atoms with Crippen molar-refractivity contribution < 1.29 is 13.9 Å². The van der Waals surface area contributed by atoms with Crippen LogP contribution in [0.2, 0.25) is 0 Å². The van der Waals surface area contributed by atoms with E-state index >= 15 is 0 Å². The summed E-state index contributed by atoms with van der Waals surface area (Å²) in [5.41, 5.74) is 0.397. The van der Waals surface area contributed by atoms with E-state index < -0.39 is 5.92 Å². The van der Waals surface area contributed by atoms with Gasteiger partial charge in [-0.3, -0.25) is 0 Å². The van der Waals surface area contributed by atoms with Crippen molar-refractivity contribution in [3.63, 3.8) is 0 Å². The third-order valence-electron chi connectivity index (χ3n) is 2.43. The van der Waals surface area contributed by atoms with Crippen molar-refractivity contribution in [2.75, 3.05) is 7.05 Å². The highest BCUT2D eigenvalue weighted by molar-refractivity contribution is 5.39. The minimum atomic E-state index is -2.88. The molecule has 0 heterocycles. The Morgan fingerprint density at radius 3 is 2.47 bits per heavy atom. The van der Waals surface area contributed by atoms with Crippen molar-refractivity contribution in [2.24, 2.45) is 0 Å². The molecular weight excluding hydrogens is 200 g/mol. The van der Waals surface area contributed by atoms with Crippen LogP contribution in [-0.2, 0) is 5.92 Å². The van der Waals surface area contributed by atoms with E-state index in [1.54, 1.807) is 14.0 Å². The third kappa shape index (κ3) is 2.65. The zero-order valence-corrected chi connectivity index (χ0v) is 9.01. The lowest BCUT2D eigenvalue weighted by molar-refractivity contribution is 0.0173. The fraction of sp³-hybridized carbons (Fsp3) is 0.455. The van der Waals surface area contributed by atoms with Crippen LogP contribution in [0.25, 0.3) is 0 Å². The van der Waals surface area contributed by atoms with Gasteiger partial charge in [0, 0.05) is 24.1 Å². The summed E-state index contributed by atoms with van der Waals surface area (Å²) < 4.78 is 26.1. The fourth-order valence-corrected chi connectivity index (χ4v) is 1.33. The van der Waals surface area contributed by atoms with Gasteiger partial charge in [-0.15, -0.1) is 0 Å². The van der Waals surface area contributed by atoms with Gasteiger partial charge in [0.25, 0.3) is 5.92 Å². The molecule has 0 aromatic heterocycles. The first-order valence-electron chi connectivity index (χ1n) is 4.74. The van der Waals surface area contributed by atoms with Crippen molar-refractivity contribution in [1.82, 2.24) is 5.32 Å². The fourth-order valence-electron chi connectivity index (χ4n) is 1.33. The molecule has 0 bridgehead atoms. The molecule has 15 heavy (non-hydrogen) atoms. The molecule has 2 N–H and O–H groups in total. The zero-order valence-electron chi connectivity index (χ0n) is 9.01. The minimum absolute atomic E-state index is 0.0323. The highest BCUT2D eigenvalue weighted by atomic mass is 19.3. The summed E-state index contributed by atoms with van der Waals surface area (Å²) in [6.45, 7) is 2.64. The number of phenols is 1. The molecule has 2 nitrogen and oxygen atoms in total. The first-order valence-corrected chi connectivity index (χ1v) is 4.74. The van der Waals surface area contributed by atoms with Crippen LogP contribution in [0, 0.1) is 0 Å². The second-order valence-electron chi connectivity index (χ2n) is 3.67. The maximum atomic E-state index is 13.0. The molecular formula is C11H15F2NO. The number of rotatable bonds is 3. The lowest BCUT2D eigenvalue weighted by Crippen LogP contribution is -2.14. The van der Waals surface area contributed by atoms with Gasteiger partial charge >= 0.3 is 0 Å². The van der Waals surface area contributed by atoms with Crippen LogP contribution in [0.3, 0.4) is 0 Å². The predicted octanol–water partition coefficient (Wildman–Crippen LogP) is 2.78. The lowest BCUT2D eigenvalue weighted by atomic mass is 10.0. The molecule has 0 amide bonds. The van der Waals surface area contributed by atoms with Crippen molar-refractivity contribution in [2.45, 2.75) is 25.8 Å². The molecule has 0 fully saturated rings. The molecule has 4 heteroatoms. The predicted molar refractivity (Wildman–Crippen MR) is 55.1 cm³/mol. The van der Waals surface area contributed by atoms with Gasteiger partial charge in [-0.1, -0.05) is 0 Å². The smallest absolute Gasteiger partial charge is 0.270 e. The molecule has 0 aliphatic heterocycles. The van der Waals surface area contributed by atoms with Crippen molar-refractivity contribution >= 4 is 0 Å². The van der Waals surface area contributed by atoms with E-state index in [1.807, 2.05) is 0 Å². The highest BCUT2D eigenvalue weighted by Gasteiger charge is 2.25. The molecule has 84 valence electrons. The summed E-state index contributed by atoms with van der Waals surface area (Å²) in [5, 5.41) is 12.4. The van der Waals surface area contributed by atoms with E-state index in [-0.39, 0.29) is 17.4 Å². The van der Waals surface area contributed by atoms with Gasteiger partial charge in [0.1, 0.15) is 5.75 Å². The zero-order chi connectivity index (χ0) is 11.6. The average Bonchev–Trinajstić information content (AvgIpc) is 2.15. The summed E-state index contributed by atoms with van der Waals surface area (Å²) in [5.74, 6) is -2.85. The van der Waals surface area contributed by atoms with Crippen molar-refractivity contribution in [1.29, 1.82) is 0 Å². The van der Waals surface area contributed by atoms with Gasteiger partial charge in [0.15, 0.2) is 0 Å². The van der Waals surface area contributed by atoms with Gasteiger partial charge in [0.2, 0.25) is 0 Å². The van der Waals surface area contributed by atoms with E-state index in [1.165, 1.54) is 18.2 Å². The number of hydrogen-bond donors (Lipinski definition) is 2. The SMILES string of the molecule is CNC(C)c1cc(C(C)(F)F)ccc1O. The Kier molecular flexibility index (Phi) is 3.29. The topological polar surface area (TPSA) is 32.3 Å². The lowest BCUT2D eigenvalue weighted by Gasteiger charge is -2.16. The van der Waals surface area contributed by atoms with E-state index in [9.17, 15) is 13.9 Å². The van der Waals surface area contributed by atoms with E-state index in [4.69, 9.17) is 0 Å². The Labute approximate surface area is 87.9 Å². The summed E-state index contributed by atoms with van der Waals surface area (Å²) in [7, 11) is 1.71. The maximum Gasteiger partial charge on any atom is 0.270 e. The van der Waals surface area contributed by atoms with E-state index in [0.29, 0.717) is 5.56 Å². The molecule has 1 rings (SSSR count). The van der Waals surface area contributed by atoms with Gasteiger partial charge in [-0.2, -0.15) is 0 Å². The monoisotopic (exact) mass is 215 g/mol. The normalized spacial score (nSPS) is 13.9. The van der Waals surface area contributed by atoms with Crippen LogP contribution in [-0.4, -0.2) is 12.2 Å². The number of nitrogens with one attached hydrogen (secondary N) is 1. The molecule has 1 atom stereocenters. The molecule has 1 unspecified atom stereocenters. The minimum Gasteiger partial charge on any atom is -0.508 e. The quantitative estimate of drug-likeness (QED) is 0.812. The summed E-state index contributed by atoms with van der Waals surface area (Å²) >= 11 is 0. The summed E-state index contributed by atoms with van der Waals surface area (Å²) in [6, 6.07) is 3.71. The van der Waals surface area contributed by atoms with Crippen LogP contribution in [0.5, 0.6) is 5.75 Å². The largest absolute Gasteiger partial charge is 0.508 e. The number of halogens is 2. The van der Waals surface area contributed by atoms with Gasteiger partial charge in [0.05, 0.1) is 0 Å². The summed E-state index contributed by atoms with van der Waals surface area (Å²) in [4.78, 5) is 0. The molecule has 0 aliphatic carbocycles. The van der Waals surface area contributed by atoms with Crippen LogP contribution in [0.15, 0.2) is 18.2 Å². The number of hydrogen-bond acceptors (Lipinski definition) is 2. The number of benzene rings is 1. The molecule has 1 aromatic rings. The van der Waals surface area contributed by atoms with Crippen LogP contribution < -0.4 is 5.32 Å². The first kappa shape index (κ1) is 11.9. The van der Waals surface area contributed by atoms with Gasteiger partial charge in [-0.25, -0.2) is 8.78 Å². The standard InChI is InChI=1S/C11H15F2NO/c1-7(14-3)9-6-8(11(2,12)13)4-5-10(9)15/h4-7,14-15H,1-3H3. The Bertz CT molecular complexity index is 347. The number of phenolic OH excluding ortho intramolecular Hbond substituents is 1.